The lowest BCUT2D eigenvalue weighted by Gasteiger charge is -2.09. The smallest absolute Gasteiger partial charge is 0.475 e. The average molecular weight is 527 g/mol. The zero-order valence-corrected chi connectivity index (χ0v) is 19.4. The van der Waals surface area contributed by atoms with E-state index in [2.05, 4.69) is 30.5 Å². The molecule has 38 heavy (non-hydrogen) atoms. The number of hydrogen-bond donors (Lipinski definition) is 2. The molecule has 2 N–H and O–H groups in total. The second kappa shape index (κ2) is 10.9. The van der Waals surface area contributed by atoms with Crippen LogP contribution in [0.4, 0.5) is 29.2 Å². The Morgan fingerprint density at radius 1 is 1.03 bits per heavy atom. The van der Waals surface area contributed by atoms with Crippen LogP contribution >= 0.6 is 0 Å². The van der Waals surface area contributed by atoms with Gasteiger partial charge in [0.1, 0.15) is 24.2 Å². The third kappa shape index (κ3) is 6.54. The molecule has 10 nitrogen and oxygen atoms in total. The summed E-state index contributed by atoms with van der Waals surface area (Å²) in [7, 11) is 0. The van der Waals surface area contributed by atoms with Crippen LogP contribution in [0, 0.1) is 12.7 Å². The highest BCUT2D eigenvalue weighted by Crippen LogP contribution is 2.27. The molecule has 3 heterocycles. The fourth-order valence-corrected chi connectivity index (χ4v) is 3.13. The summed E-state index contributed by atoms with van der Waals surface area (Å²) >= 11 is 0. The van der Waals surface area contributed by atoms with E-state index in [-0.39, 0.29) is 5.82 Å². The largest absolute Gasteiger partial charge is 0.490 e. The normalized spacial score (nSPS) is 11.0. The second-order valence-corrected chi connectivity index (χ2v) is 7.62. The van der Waals surface area contributed by atoms with Crippen molar-refractivity contribution >= 4 is 17.6 Å². The topological polar surface area (TPSA) is 132 Å². The van der Waals surface area contributed by atoms with Crippen LogP contribution in [-0.4, -0.2) is 47.1 Å². The van der Waals surface area contributed by atoms with Gasteiger partial charge in [-0.1, -0.05) is 5.16 Å². The fraction of sp³-hybridized carbons (Fsp3) is 0.0833. The van der Waals surface area contributed by atoms with Gasteiger partial charge in [-0.3, -0.25) is 0 Å². The summed E-state index contributed by atoms with van der Waals surface area (Å²) in [6.07, 6.45) is 1.21. The van der Waals surface area contributed by atoms with Crippen molar-refractivity contribution in [3.05, 3.63) is 85.2 Å². The number of aryl methyl sites for hydroxylation is 1. The van der Waals surface area contributed by atoms with Gasteiger partial charge in [-0.05, 0) is 61.0 Å². The number of hydrogen-bond acceptors (Lipinski definition) is 8. The van der Waals surface area contributed by atoms with E-state index < -0.39 is 12.1 Å². The van der Waals surface area contributed by atoms with E-state index in [9.17, 15) is 17.6 Å². The number of halogens is 4. The Bertz CT molecular complexity index is 1540. The van der Waals surface area contributed by atoms with Crippen LogP contribution in [0.3, 0.4) is 0 Å². The maximum atomic E-state index is 14.2. The maximum absolute atomic E-state index is 14.2. The lowest BCUT2D eigenvalue weighted by Crippen LogP contribution is -2.21. The Morgan fingerprint density at radius 2 is 1.74 bits per heavy atom. The van der Waals surface area contributed by atoms with E-state index in [0.717, 1.165) is 11.4 Å². The summed E-state index contributed by atoms with van der Waals surface area (Å²) in [6.45, 7) is 1.84. The van der Waals surface area contributed by atoms with Crippen molar-refractivity contribution in [3.8, 4) is 28.1 Å². The predicted octanol–water partition coefficient (Wildman–Crippen LogP) is 5.20. The van der Waals surface area contributed by atoms with E-state index in [0.29, 0.717) is 34.2 Å². The van der Waals surface area contributed by atoms with Crippen molar-refractivity contribution < 1.29 is 32.0 Å². The summed E-state index contributed by atoms with van der Waals surface area (Å²) in [4.78, 5) is 21.8. The van der Waals surface area contributed by atoms with Crippen LogP contribution in [-0.2, 0) is 4.79 Å². The molecule has 0 radical (unpaired) electrons. The summed E-state index contributed by atoms with van der Waals surface area (Å²) in [5.74, 6) is -2.03. The SMILES string of the molecule is Cc1ncn(-c2ccc(Nc3nccc(-c4cc(F)cc(-c5cnoc5)c4)n3)cc2)n1.O=C(O)C(F)(F)F. The summed E-state index contributed by atoms with van der Waals surface area (Å²) in [5, 5.41) is 18.3. The molecule has 0 aliphatic heterocycles. The Hall–Kier alpha value is -5.14. The van der Waals surface area contributed by atoms with Crippen molar-refractivity contribution in [1.29, 1.82) is 0 Å². The minimum atomic E-state index is -5.08. The first kappa shape index (κ1) is 25.9. The fourth-order valence-electron chi connectivity index (χ4n) is 3.13. The molecule has 5 aromatic rings. The molecule has 0 fully saturated rings. The summed E-state index contributed by atoms with van der Waals surface area (Å²) in [6, 6.07) is 14.0. The molecule has 0 atom stereocenters. The van der Waals surface area contributed by atoms with Gasteiger partial charge in [-0.25, -0.2) is 28.8 Å². The Morgan fingerprint density at radius 3 is 2.34 bits per heavy atom. The number of aliphatic carboxylic acids is 1. The van der Waals surface area contributed by atoms with Gasteiger partial charge in [0.25, 0.3) is 0 Å². The highest BCUT2D eigenvalue weighted by Gasteiger charge is 2.38. The van der Waals surface area contributed by atoms with Crippen molar-refractivity contribution in [2.75, 3.05) is 5.32 Å². The number of carboxylic acids is 1. The van der Waals surface area contributed by atoms with E-state index in [4.69, 9.17) is 14.4 Å². The first-order chi connectivity index (χ1) is 18.1. The van der Waals surface area contributed by atoms with Crippen LogP contribution < -0.4 is 5.32 Å². The van der Waals surface area contributed by atoms with Crippen molar-refractivity contribution in [2.24, 2.45) is 0 Å². The number of nitrogens with zero attached hydrogens (tertiary/aromatic N) is 6. The molecular formula is C24H17F4N7O3. The van der Waals surface area contributed by atoms with Crippen LogP contribution in [0.5, 0.6) is 0 Å². The first-order valence-corrected chi connectivity index (χ1v) is 10.7. The number of carboxylic acid groups (broad SMARTS) is 1. The molecule has 14 heteroatoms. The Labute approximate surface area is 211 Å². The van der Waals surface area contributed by atoms with Gasteiger partial charge in [-0.15, -0.1) is 0 Å². The van der Waals surface area contributed by atoms with E-state index >= 15 is 0 Å². The molecular weight excluding hydrogens is 510 g/mol. The molecule has 2 aromatic carbocycles. The van der Waals surface area contributed by atoms with Gasteiger partial charge in [-0.2, -0.15) is 18.3 Å². The number of aromatic nitrogens is 6. The molecule has 0 saturated heterocycles. The zero-order valence-electron chi connectivity index (χ0n) is 19.4. The van der Waals surface area contributed by atoms with Crippen LogP contribution in [0.1, 0.15) is 5.82 Å². The van der Waals surface area contributed by atoms with Crippen molar-refractivity contribution in [3.63, 3.8) is 0 Å². The summed E-state index contributed by atoms with van der Waals surface area (Å²) in [5.41, 5.74) is 4.26. The van der Waals surface area contributed by atoms with Gasteiger partial charge in [0.05, 0.1) is 17.6 Å². The number of alkyl halides is 3. The van der Waals surface area contributed by atoms with E-state index in [1.165, 1.54) is 24.6 Å². The van der Waals surface area contributed by atoms with Gasteiger partial charge < -0.3 is 14.9 Å². The van der Waals surface area contributed by atoms with Gasteiger partial charge in [0.15, 0.2) is 0 Å². The summed E-state index contributed by atoms with van der Waals surface area (Å²) < 4.78 is 52.5. The number of rotatable bonds is 5. The molecule has 194 valence electrons. The third-order valence-electron chi connectivity index (χ3n) is 4.85. The molecule has 0 amide bonds. The number of carbonyl (C=O) groups is 1. The van der Waals surface area contributed by atoms with Crippen molar-refractivity contribution in [2.45, 2.75) is 13.1 Å². The average Bonchev–Trinajstić information content (AvgIpc) is 3.57. The molecule has 0 spiro atoms. The minimum Gasteiger partial charge on any atom is -0.475 e. The van der Waals surface area contributed by atoms with Crippen LogP contribution in [0.25, 0.3) is 28.1 Å². The zero-order chi connectivity index (χ0) is 27.3. The maximum Gasteiger partial charge on any atom is 0.490 e. The Kier molecular flexibility index (Phi) is 7.41. The molecule has 5 rings (SSSR count). The van der Waals surface area contributed by atoms with Crippen LogP contribution in [0.15, 0.2) is 78.0 Å². The Balaban J connectivity index is 0.000000426. The number of nitrogens with one attached hydrogen (secondary N) is 1. The number of benzene rings is 2. The second-order valence-electron chi connectivity index (χ2n) is 7.62. The quantitative estimate of drug-likeness (QED) is 0.296. The van der Waals surface area contributed by atoms with Gasteiger partial charge in [0, 0.05) is 23.0 Å². The lowest BCUT2D eigenvalue weighted by atomic mass is 10.0. The van der Waals surface area contributed by atoms with Gasteiger partial charge >= 0.3 is 12.1 Å². The molecule has 0 saturated carbocycles. The van der Waals surface area contributed by atoms with E-state index in [1.807, 2.05) is 37.3 Å². The minimum absolute atomic E-state index is 0.374. The predicted molar refractivity (Wildman–Crippen MR) is 126 cm³/mol. The third-order valence-corrected chi connectivity index (χ3v) is 4.85. The standard InChI is InChI=1S/C22H16FN7O.C2HF3O2/c1-14-25-13-30(29-14)20-4-2-19(3-5-20)27-22-24-7-6-21(28-22)16-8-15(9-18(23)10-16)17-11-26-31-12-17;3-2(4,5)1(6)7/h2-13H,1H3,(H,24,27,28);(H,6,7). The molecule has 0 bridgehead atoms. The van der Waals surface area contributed by atoms with E-state index in [1.54, 1.807) is 23.3 Å². The van der Waals surface area contributed by atoms with Gasteiger partial charge in [0.2, 0.25) is 5.95 Å². The monoisotopic (exact) mass is 527 g/mol. The highest BCUT2D eigenvalue weighted by molar-refractivity contribution is 5.73. The van der Waals surface area contributed by atoms with Crippen molar-refractivity contribution in [1.82, 2.24) is 29.9 Å². The lowest BCUT2D eigenvalue weighted by molar-refractivity contribution is -0.192. The molecule has 3 aromatic heterocycles. The first-order valence-electron chi connectivity index (χ1n) is 10.7. The van der Waals surface area contributed by atoms with Crippen LogP contribution in [0.2, 0.25) is 0 Å². The number of anilines is 2. The molecule has 0 unspecified atom stereocenters. The highest BCUT2D eigenvalue weighted by atomic mass is 19.4. The molecule has 0 aliphatic carbocycles. The molecule has 0 aliphatic rings.